The molecule has 0 aliphatic heterocycles. The first-order chi connectivity index (χ1) is 15.4. The van der Waals surface area contributed by atoms with Gasteiger partial charge in [-0.2, -0.15) is 9.99 Å². The zero-order valence-corrected chi connectivity index (χ0v) is 17.8. The van der Waals surface area contributed by atoms with E-state index in [4.69, 9.17) is 10.00 Å². The van der Waals surface area contributed by atoms with Crippen LogP contribution in [0.4, 0.5) is 0 Å². The maximum Gasteiger partial charge on any atom is 0.311 e. The number of methoxy groups -OCH3 is 1. The van der Waals surface area contributed by atoms with E-state index < -0.39 is 17.9 Å². The van der Waals surface area contributed by atoms with Crippen molar-refractivity contribution in [1.29, 1.82) is 5.26 Å². The Balaban J connectivity index is 1.71. The minimum absolute atomic E-state index is 0.311. The minimum Gasteiger partial charge on any atom is -0.619 e. The first-order valence-corrected chi connectivity index (χ1v) is 10.1. The van der Waals surface area contributed by atoms with Gasteiger partial charge in [-0.25, -0.2) is 0 Å². The van der Waals surface area contributed by atoms with Crippen LogP contribution in [-0.2, 0) is 16.0 Å². The van der Waals surface area contributed by atoms with Crippen molar-refractivity contribution in [1.82, 2.24) is 5.32 Å². The average molecular weight is 429 g/mol. The van der Waals surface area contributed by atoms with E-state index in [1.54, 1.807) is 61.5 Å². The van der Waals surface area contributed by atoms with E-state index >= 15 is 0 Å². The summed E-state index contributed by atoms with van der Waals surface area (Å²) < 4.78 is 5.65. The maximum absolute atomic E-state index is 12.8. The molecule has 0 aliphatic rings. The van der Waals surface area contributed by atoms with Crippen LogP contribution in [0, 0.1) is 22.5 Å². The standard InChI is InChI=1S/C25H23N3O4/c1-17(23(25(30)32-2)15-18-4-3-5-19(14-18)16-26)27-24(29)22-8-6-20(7-9-22)21-10-12-28(31)13-11-21/h3-14,17,23H,15H2,1-2H3,(H,27,29). The number of esters is 1. The van der Waals surface area contributed by atoms with Crippen LogP contribution in [0.15, 0.2) is 73.1 Å². The lowest BCUT2D eigenvalue weighted by molar-refractivity contribution is -0.605. The highest BCUT2D eigenvalue weighted by atomic mass is 16.5. The fourth-order valence-corrected chi connectivity index (χ4v) is 3.45. The summed E-state index contributed by atoms with van der Waals surface area (Å²) in [4.78, 5) is 25.2. The van der Waals surface area contributed by atoms with E-state index in [-0.39, 0.29) is 5.91 Å². The van der Waals surface area contributed by atoms with Crippen molar-refractivity contribution in [2.24, 2.45) is 5.92 Å². The molecule has 3 aromatic rings. The molecule has 3 rings (SSSR count). The minimum atomic E-state index is -0.611. The van der Waals surface area contributed by atoms with Crippen LogP contribution >= 0.6 is 0 Å². The summed E-state index contributed by atoms with van der Waals surface area (Å²) in [5.41, 5.74) is 3.51. The van der Waals surface area contributed by atoms with Gasteiger partial charge in [0.2, 0.25) is 0 Å². The van der Waals surface area contributed by atoms with Gasteiger partial charge in [0, 0.05) is 23.7 Å². The number of carbonyl (C=O) groups excluding carboxylic acids is 2. The van der Waals surface area contributed by atoms with Crippen molar-refractivity contribution in [3.05, 3.63) is 95.0 Å². The predicted molar refractivity (Wildman–Crippen MR) is 118 cm³/mol. The Bertz CT molecular complexity index is 1140. The van der Waals surface area contributed by atoms with Gasteiger partial charge in [0.15, 0.2) is 12.4 Å². The predicted octanol–water partition coefficient (Wildman–Crippen LogP) is 3.01. The van der Waals surface area contributed by atoms with Crippen LogP contribution in [-0.4, -0.2) is 25.0 Å². The fourth-order valence-electron chi connectivity index (χ4n) is 3.45. The van der Waals surface area contributed by atoms with Gasteiger partial charge in [0.25, 0.3) is 5.91 Å². The third kappa shape index (κ3) is 5.49. The highest BCUT2D eigenvalue weighted by Gasteiger charge is 2.28. The molecule has 7 heteroatoms. The number of ether oxygens (including phenoxy) is 1. The van der Waals surface area contributed by atoms with Crippen LogP contribution in [0.2, 0.25) is 0 Å². The summed E-state index contributed by atoms with van der Waals surface area (Å²) in [6.07, 6.45) is 3.16. The molecule has 1 aromatic heterocycles. The summed E-state index contributed by atoms with van der Waals surface area (Å²) in [7, 11) is 1.31. The summed E-state index contributed by atoms with van der Waals surface area (Å²) in [6, 6.07) is 19.0. The van der Waals surface area contributed by atoms with E-state index in [1.165, 1.54) is 19.5 Å². The number of nitrogens with zero attached hydrogens (tertiary/aromatic N) is 2. The van der Waals surface area contributed by atoms with E-state index in [0.29, 0.717) is 22.3 Å². The largest absolute Gasteiger partial charge is 0.619 e. The molecule has 0 spiro atoms. The number of nitrogens with one attached hydrogen (secondary N) is 1. The smallest absolute Gasteiger partial charge is 0.311 e. The van der Waals surface area contributed by atoms with Crippen molar-refractivity contribution >= 4 is 11.9 Å². The summed E-state index contributed by atoms with van der Waals surface area (Å²) in [5, 5.41) is 23.2. The third-order valence-corrected chi connectivity index (χ3v) is 5.26. The Morgan fingerprint density at radius 1 is 1.09 bits per heavy atom. The first-order valence-electron chi connectivity index (χ1n) is 10.1. The summed E-state index contributed by atoms with van der Waals surface area (Å²) >= 11 is 0. The molecule has 2 unspecified atom stereocenters. The van der Waals surface area contributed by atoms with Crippen molar-refractivity contribution in [3.63, 3.8) is 0 Å². The third-order valence-electron chi connectivity index (χ3n) is 5.26. The number of amides is 1. The normalized spacial score (nSPS) is 12.3. The molecule has 1 heterocycles. The van der Waals surface area contributed by atoms with E-state index in [0.717, 1.165) is 16.7 Å². The van der Waals surface area contributed by atoms with E-state index in [2.05, 4.69) is 11.4 Å². The van der Waals surface area contributed by atoms with Crippen molar-refractivity contribution in [3.8, 4) is 17.2 Å². The molecule has 2 atom stereocenters. The van der Waals surface area contributed by atoms with Crippen LogP contribution in [0.25, 0.3) is 11.1 Å². The Labute approximate surface area is 186 Å². The average Bonchev–Trinajstić information content (AvgIpc) is 2.82. The first kappa shape index (κ1) is 22.5. The Kier molecular flexibility index (Phi) is 7.19. The number of benzene rings is 2. The number of aromatic nitrogens is 1. The lowest BCUT2D eigenvalue weighted by Gasteiger charge is -2.23. The molecule has 162 valence electrons. The number of hydrogen-bond acceptors (Lipinski definition) is 5. The second kappa shape index (κ2) is 10.2. The number of rotatable bonds is 7. The molecule has 1 amide bonds. The zero-order chi connectivity index (χ0) is 23.1. The van der Waals surface area contributed by atoms with Gasteiger partial charge >= 0.3 is 5.97 Å². The molecule has 0 saturated heterocycles. The van der Waals surface area contributed by atoms with Crippen LogP contribution in [0.1, 0.15) is 28.4 Å². The Morgan fingerprint density at radius 3 is 2.38 bits per heavy atom. The highest BCUT2D eigenvalue weighted by Crippen LogP contribution is 2.20. The molecule has 1 N–H and O–H groups in total. The lowest BCUT2D eigenvalue weighted by Crippen LogP contribution is -2.42. The monoisotopic (exact) mass is 429 g/mol. The molecule has 0 aliphatic carbocycles. The molecular formula is C25H23N3O4. The van der Waals surface area contributed by atoms with E-state index in [1.807, 2.05) is 6.07 Å². The van der Waals surface area contributed by atoms with Crippen LogP contribution < -0.4 is 10.0 Å². The fraction of sp³-hybridized carbons (Fsp3) is 0.200. The molecule has 0 saturated carbocycles. The number of hydrogen-bond donors (Lipinski definition) is 1. The van der Waals surface area contributed by atoms with Gasteiger partial charge in [0.05, 0.1) is 24.7 Å². The Morgan fingerprint density at radius 2 is 1.75 bits per heavy atom. The van der Waals surface area contributed by atoms with Gasteiger partial charge in [0.1, 0.15) is 0 Å². The topological polar surface area (TPSA) is 106 Å². The molecular weight excluding hydrogens is 406 g/mol. The van der Waals surface area contributed by atoms with Gasteiger partial charge in [-0.3, -0.25) is 9.59 Å². The van der Waals surface area contributed by atoms with Crippen molar-refractivity contribution in [2.75, 3.05) is 7.11 Å². The SMILES string of the molecule is COC(=O)C(Cc1cccc(C#N)c1)C(C)NC(=O)c1ccc(-c2cc[n+]([O-])cc2)cc1. The molecule has 7 nitrogen and oxygen atoms in total. The maximum atomic E-state index is 12.8. The van der Waals surface area contributed by atoms with E-state index in [9.17, 15) is 14.8 Å². The van der Waals surface area contributed by atoms with Crippen LogP contribution in [0.3, 0.4) is 0 Å². The Hall–Kier alpha value is -4.18. The summed E-state index contributed by atoms with van der Waals surface area (Å²) in [6.45, 7) is 1.75. The molecule has 0 radical (unpaired) electrons. The zero-order valence-electron chi connectivity index (χ0n) is 17.8. The van der Waals surface area contributed by atoms with Gasteiger partial charge in [-0.1, -0.05) is 24.3 Å². The summed E-state index contributed by atoms with van der Waals surface area (Å²) in [5.74, 6) is -1.36. The lowest BCUT2D eigenvalue weighted by atomic mass is 9.92. The van der Waals surface area contributed by atoms with Gasteiger partial charge in [-0.05, 0) is 54.3 Å². The number of nitriles is 1. The molecule has 0 bridgehead atoms. The molecule has 2 aromatic carbocycles. The quantitative estimate of drug-likeness (QED) is 0.353. The molecule has 32 heavy (non-hydrogen) atoms. The number of pyridine rings is 1. The second-order valence-electron chi connectivity index (χ2n) is 7.43. The van der Waals surface area contributed by atoms with Gasteiger partial charge < -0.3 is 15.3 Å². The van der Waals surface area contributed by atoms with Crippen molar-refractivity contribution in [2.45, 2.75) is 19.4 Å². The highest BCUT2D eigenvalue weighted by molar-refractivity contribution is 5.95. The second-order valence-corrected chi connectivity index (χ2v) is 7.43. The van der Waals surface area contributed by atoms with Crippen molar-refractivity contribution < 1.29 is 19.1 Å². The number of carbonyl (C=O) groups is 2. The van der Waals surface area contributed by atoms with Gasteiger partial charge in [-0.15, -0.1) is 0 Å². The van der Waals surface area contributed by atoms with Crippen LogP contribution in [0.5, 0.6) is 0 Å². The molecule has 0 fully saturated rings.